The van der Waals surface area contributed by atoms with Gasteiger partial charge in [0, 0.05) is 34.8 Å². The smallest absolute Gasteiger partial charge is 0.251 e. The minimum Gasteiger partial charge on any atom is -0.388 e. The van der Waals surface area contributed by atoms with Gasteiger partial charge in [0.2, 0.25) is 5.91 Å². The largest absolute Gasteiger partial charge is 0.388 e. The first-order valence-corrected chi connectivity index (χ1v) is 11.1. The Morgan fingerprint density at radius 3 is 2.12 bits per heavy atom. The average molecular weight is 448 g/mol. The van der Waals surface area contributed by atoms with E-state index in [1.165, 1.54) is 12.8 Å². The van der Waals surface area contributed by atoms with Crippen LogP contribution in [0.25, 0.3) is 0 Å². The van der Waals surface area contributed by atoms with Crippen LogP contribution in [0.4, 0.5) is 5.69 Å². The van der Waals surface area contributed by atoms with Crippen LogP contribution in [-0.4, -0.2) is 41.4 Å². The molecular weight excluding hydrogens is 418 g/mol. The second kappa shape index (κ2) is 11.4. The lowest BCUT2D eigenvalue weighted by Gasteiger charge is -2.20. The van der Waals surface area contributed by atoms with Crippen LogP contribution in [0.2, 0.25) is 0 Å². The molecule has 0 aromatic heterocycles. The van der Waals surface area contributed by atoms with Gasteiger partial charge >= 0.3 is 0 Å². The van der Waals surface area contributed by atoms with Crippen molar-refractivity contribution < 1.29 is 19.5 Å². The zero-order valence-electron chi connectivity index (χ0n) is 18.6. The number of rotatable bonds is 9. The Morgan fingerprint density at radius 1 is 1.03 bits per heavy atom. The summed E-state index contributed by atoms with van der Waals surface area (Å²) in [5.41, 5.74) is 8.37. The van der Waals surface area contributed by atoms with Gasteiger partial charge in [-0.1, -0.05) is 24.7 Å². The Hall–Kier alpha value is -3.47. The van der Waals surface area contributed by atoms with Crippen molar-refractivity contribution in [3.05, 3.63) is 65.2 Å². The molecule has 2 aromatic carbocycles. The van der Waals surface area contributed by atoms with Crippen LogP contribution in [0.3, 0.4) is 0 Å². The maximum Gasteiger partial charge on any atom is 0.251 e. The molecule has 1 fully saturated rings. The number of Topliss-reactive ketones (excluding diaryl/α,β-unsaturated/α-hetero) is 1. The molecule has 0 heterocycles. The molecule has 5 N–H and O–H groups in total. The number of carbonyl (C=O) groups is 3. The molecule has 3 rings (SSSR count). The van der Waals surface area contributed by atoms with Crippen LogP contribution in [0.5, 0.6) is 0 Å². The van der Waals surface area contributed by atoms with E-state index in [1.807, 2.05) is 24.3 Å². The van der Waals surface area contributed by atoms with Gasteiger partial charge < -0.3 is 21.5 Å². The molecule has 0 saturated heterocycles. The predicted molar refractivity (Wildman–Crippen MR) is 126 cm³/mol. The number of amides is 2. The first-order valence-electron chi connectivity index (χ1n) is 11.1. The molecule has 1 aliphatic carbocycles. The molecule has 2 atom stereocenters. The Bertz CT molecular complexity index is 1050. The topological polar surface area (TPSA) is 122 Å². The molecule has 1 aliphatic rings. The summed E-state index contributed by atoms with van der Waals surface area (Å²) in [4.78, 5) is 36.1. The first kappa shape index (κ1) is 24.2. The van der Waals surface area contributed by atoms with Crippen LogP contribution in [0.1, 0.15) is 54.1 Å². The van der Waals surface area contributed by atoms with E-state index < -0.39 is 30.4 Å². The van der Waals surface area contributed by atoms with Crippen molar-refractivity contribution in [3.63, 3.8) is 0 Å². The van der Waals surface area contributed by atoms with Gasteiger partial charge in [0.15, 0.2) is 5.78 Å². The fourth-order valence-electron chi connectivity index (χ4n) is 3.28. The molecule has 0 unspecified atom stereocenters. The Kier molecular flexibility index (Phi) is 8.36. The fourth-order valence-corrected chi connectivity index (χ4v) is 3.28. The minimum atomic E-state index is -0.951. The van der Waals surface area contributed by atoms with Crippen LogP contribution < -0.4 is 16.4 Å². The Morgan fingerprint density at radius 2 is 1.61 bits per heavy atom. The van der Waals surface area contributed by atoms with Crippen LogP contribution in [0.15, 0.2) is 48.5 Å². The number of carbonyl (C=O) groups excluding carboxylic acids is 3. The number of ketones is 1. The highest BCUT2D eigenvalue weighted by molar-refractivity contribution is 5.98. The van der Waals surface area contributed by atoms with Crippen molar-refractivity contribution in [3.8, 4) is 11.8 Å². The summed E-state index contributed by atoms with van der Waals surface area (Å²) < 4.78 is 0. The number of hydrogen-bond donors (Lipinski definition) is 4. The summed E-state index contributed by atoms with van der Waals surface area (Å²) in [6.07, 6.45) is 4.01. The van der Waals surface area contributed by atoms with Crippen LogP contribution in [-0.2, 0) is 9.59 Å². The van der Waals surface area contributed by atoms with Gasteiger partial charge in [0.1, 0.15) is 12.6 Å². The molecule has 2 amide bonds. The molecule has 2 aromatic rings. The standard InChI is InChI=1S/C26H29N3O4/c1-17(27)25(23(31)16-30)29-26(33)21-11-6-19(7-12-21)4-5-20-8-13-22(14-9-20)28-24(32)15-10-18-2-3-18/h6-9,11-14,17-18,25,30H,2-3,10,15-16,27H2,1H3,(H,28,32)(H,29,33)/t17-,25+/m1/s1. The lowest BCUT2D eigenvalue weighted by molar-refractivity contribution is -0.124. The van der Waals surface area contributed by atoms with E-state index in [-0.39, 0.29) is 5.91 Å². The molecular formula is C26H29N3O4. The maximum absolute atomic E-state index is 12.4. The number of benzene rings is 2. The van der Waals surface area contributed by atoms with Gasteiger partial charge in [-0.05, 0) is 67.8 Å². The summed E-state index contributed by atoms with van der Waals surface area (Å²) in [6, 6.07) is 12.4. The Labute approximate surface area is 193 Å². The summed E-state index contributed by atoms with van der Waals surface area (Å²) in [5, 5.41) is 14.5. The van der Waals surface area contributed by atoms with E-state index in [0.717, 1.165) is 29.2 Å². The molecule has 7 heteroatoms. The zero-order chi connectivity index (χ0) is 23.8. The quantitative estimate of drug-likeness (QED) is 0.439. The maximum atomic E-state index is 12.4. The fraction of sp³-hybridized carbons (Fsp3) is 0.346. The third-order valence-electron chi connectivity index (χ3n) is 5.46. The summed E-state index contributed by atoms with van der Waals surface area (Å²) in [7, 11) is 0. The first-order chi connectivity index (χ1) is 15.9. The molecule has 0 aliphatic heterocycles. The minimum absolute atomic E-state index is 0.0397. The summed E-state index contributed by atoms with van der Waals surface area (Å²) >= 11 is 0. The van der Waals surface area contributed by atoms with E-state index in [0.29, 0.717) is 12.0 Å². The number of aliphatic hydroxyl groups is 1. The number of nitrogens with two attached hydrogens (primary N) is 1. The van der Waals surface area contributed by atoms with Gasteiger partial charge in [-0.3, -0.25) is 14.4 Å². The third-order valence-corrected chi connectivity index (χ3v) is 5.46. The van der Waals surface area contributed by atoms with E-state index >= 15 is 0 Å². The third kappa shape index (κ3) is 7.56. The normalized spacial score (nSPS) is 14.4. The average Bonchev–Trinajstić information content (AvgIpc) is 3.65. The van der Waals surface area contributed by atoms with Gasteiger partial charge in [-0.15, -0.1) is 0 Å². The van der Waals surface area contributed by atoms with Gasteiger partial charge in [0.25, 0.3) is 5.91 Å². The van der Waals surface area contributed by atoms with Crippen molar-refractivity contribution >= 4 is 23.3 Å². The van der Waals surface area contributed by atoms with E-state index in [2.05, 4.69) is 22.5 Å². The number of nitrogens with one attached hydrogen (secondary N) is 2. The van der Waals surface area contributed by atoms with E-state index in [4.69, 9.17) is 10.8 Å². The SMILES string of the molecule is C[C@@H](N)[C@H](NC(=O)c1ccc(C#Cc2ccc(NC(=O)CCC3CC3)cc2)cc1)C(=O)CO. The lowest BCUT2D eigenvalue weighted by atomic mass is 10.0. The molecule has 0 radical (unpaired) electrons. The van der Waals surface area contributed by atoms with Crippen molar-refractivity contribution in [2.75, 3.05) is 11.9 Å². The molecule has 1 saturated carbocycles. The summed E-state index contributed by atoms with van der Waals surface area (Å²) in [5.74, 6) is 5.88. The van der Waals surface area contributed by atoms with Gasteiger partial charge in [-0.2, -0.15) is 0 Å². The molecule has 0 bridgehead atoms. The molecule has 172 valence electrons. The van der Waals surface area contributed by atoms with Crippen molar-refractivity contribution in [2.45, 2.75) is 44.7 Å². The predicted octanol–water partition coefficient (Wildman–Crippen LogP) is 2.22. The second-order valence-corrected chi connectivity index (χ2v) is 8.37. The molecule has 33 heavy (non-hydrogen) atoms. The Balaban J connectivity index is 1.55. The number of aliphatic hydroxyl groups excluding tert-OH is 1. The van der Waals surface area contributed by atoms with Crippen molar-refractivity contribution in [2.24, 2.45) is 11.7 Å². The van der Waals surface area contributed by atoms with Crippen molar-refractivity contribution in [1.82, 2.24) is 5.32 Å². The second-order valence-electron chi connectivity index (χ2n) is 8.37. The number of hydrogen-bond acceptors (Lipinski definition) is 5. The van der Waals surface area contributed by atoms with Crippen molar-refractivity contribution in [1.29, 1.82) is 0 Å². The summed E-state index contributed by atoms with van der Waals surface area (Å²) in [6.45, 7) is 0.904. The number of anilines is 1. The van der Waals surface area contributed by atoms with Crippen LogP contribution >= 0.6 is 0 Å². The highest BCUT2D eigenvalue weighted by atomic mass is 16.3. The van der Waals surface area contributed by atoms with Gasteiger partial charge in [-0.25, -0.2) is 0 Å². The highest BCUT2D eigenvalue weighted by Gasteiger charge is 2.24. The van der Waals surface area contributed by atoms with Gasteiger partial charge in [0.05, 0.1) is 0 Å². The monoisotopic (exact) mass is 447 g/mol. The van der Waals surface area contributed by atoms with Crippen LogP contribution in [0, 0.1) is 17.8 Å². The molecule has 0 spiro atoms. The lowest BCUT2D eigenvalue weighted by Crippen LogP contribution is -2.52. The molecule has 7 nitrogen and oxygen atoms in total. The zero-order valence-corrected chi connectivity index (χ0v) is 18.6. The van der Waals surface area contributed by atoms with E-state index in [1.54, 1.807) is 31.2 Å². The highest BCUT2D eigenvalue weighted by Crippen LogP contribution is 2.33. The van der Waals surface area contributed by atoms with E-state index in [9.17, 15) is 14.4 Å².